The highest BCUT2D eigenvalue weighted by atomic mass is 32.2. The number of carboxylic acids is 1. The first-order valence-electron chi connectivity index (χ1n) is 6.23. The Hall–Kier alpha value is -2.34. The monoisotopic (exact) mass is 305 g/mol. The Morgan fingerprint density at radius 1 is 1.05 bits per heavy atom. The molecule has 6 heteroatoms. The van der Waals surface area contributed by atoms with Crippen LogP contribution in [0.4, 0.5) is 5.69 Å². The lowest BCUT2D eigenvalue weighted by atomic mass is 10.1. The van der Waals surface area contributed by atoms with Crippen LogP contribution in [0.1, 0.15) is 21.5 Å². The number of hydrogen-bond donors (Lipinski definition) is 2. The smallest absolute Gasteiger partial charge is 0.335 e. The van der Waals surface area contributed by atoms with E-state index in [1.807, 2.05) is 6.92 Å². The standard InChI is InChI=1S/C15H15NO4S/c1-10-3-6-13(7-4-10)21(19,20)16-14-8-5-12(15(17)18)9-11(14)2/h3-9,16H,1-2H3,(H,17,18). The van der Waals surface area contributed by atoms with E-state index >= 15 is 0 Å². The number of aryl methyl sites for hydroxylation is 2. The molecule has 0 bridgehead atoms. The molecular weight excluding hydrogens is 290 g/mol. The molecule has 2 aromatic carbocycles. The van der Waals surface area contributed by atoms with Crippen molar-refractivity contribution in [2.24, 2.45) is 0 Å². The maximum atomic E-state index is 12.3. The summed E-state index contributed by atoms with van der Waals surface area (Å²) in [5, 5.41) is 8.90. The van der Waals surface area contributed by atoms with Crippen molar-refractivity contribution in [2.75, 3.05) is 4.72 Å². The van der Waals surface area contributed by atoms with Gasteiger partial charge >= 0.3 is 5.97 Å². The fraction of sp³-hybridized carbons (Fsp3) is 0.133. The third kappa shape index (κ3) is 3.41. The third-order valence-electron chi connectivity index (χ3n) is 3.05. The predicted octanol–water partition coefficient (Wildman–Crippen LogP) is 2.80. The van der Waals surface area contributed by atoms with E-state index in [1.54, 1.807) is 19.1 Å². The molecule has 2 aromatic rings. The van der Waals surface area contributed by atoms with Crippen LogP contribution in [0.25, 0.3) is 0 Å². The van der Waals surface area contributed by atoms with Crippen molar-refractivity contribution in [3.63, 3.8) is 0 Å². The summed E-state index contributed by atoms with van der Waals surface area (Å²) in [5.74, 6) is -1.05. The molecule has 0 saturated carbocycles. The number of carboxylic acid groups (broad SMARTS) is 1. The second-order valence-electron chi connectivity index (χ2n) is 4.75. The number of aromatic carboxylic acids is 1. The van der Waals surface area contributed by atoms with Gasteiger partial charge in [-0.3, -0.25) is 4.72 Å². The van der Waals surface area contributed by atoms with E-state index in [2.05, 4.69) is 4.72 Å². The lowest BCUT2D eigenvalue weighted by Crippen LogP contribution is -2.14. The van der Waals surface area contributed by atoms with Crippen LogP contribution in [-0.2, 0) is 10.0 Å². The first-order valence-corrected chi connectivity index (χ1v) is 7.71. The van der Waals surface area contributed by atoms with Crippen molar-refractivity contribution in [2.45, 2.75) is 18.7 Å². The molecule has 0 aliphatic heterocycles. The normalized spacial score (nSPS) is 11.1. The molecule has 5 nitrogen and oxygen atoms in total. The van der Waals surface area contributed by atoms with Gasteiger partial charge < -0.3 is 5.11 Å². The Morgan fingerprint density at radius 3 is 2.19 bits per heavy atom. The van der Waals surface area contributed by atoms with E-state index in [1.165, 1.54) is 30.3 Å². The number of nitrogens with one attached hydrogen (secondary N) is 1. The van der Waals surface area contributed by atoms with Crippen LogP contribution in [-0.4, -0.2) is 19.5 Å². The van der Waals surface area contributed by atoms with Crippen LogP contribution in [0.2, 0.25) is 0 Å². The maximum Gasteiger partial charge on any atom is 0.335 e. The van der Waals surface area contributed by atoms with Crippen LogP contribution < -0.4 is 4.72 Å². The first kappa shape index (κ1) is 15.1. The lowest BCUT2D eigenvalue weighted by molar-refractivity contribution is 0.0697. The minimum absolute atomic E-state index is 0.116. The molecule has 21 heavy (non-hydrogen) atoms. The number of sulfonamides is 1. The van der Waals surface area contributed by atoms with Gasteiger partial charge in [-0.05, 0) is 49.7 Å². The summed E-state index contributed by atoms with van der Waals surface area (Å²) in [4.78, 5) is 11.0. The summed E-state index contributed by atoms with van der Waals surface area (Å²) >= 11 is 0. The van der Waals surface area contributed by atoms with Gasteiger partial charge in [-0.2, -0.15) is 0 Å². The summed E-state index contributed by atoms with van der Waals surface area (Å²) in [5.41, 5.74) is 1.99. The largest absolute Gasteiger partial charge is 0.478 e. The molecule has 0 spiro atoms. The highest BCUT2D eigenvalue weighted by Crippen LogP contribution is 2.21. The predicted molar refractivity (Wildman–Crippen MR) is 80.1 cm³/mol. The Morgan fingerprint density at radius 2 is 1.67 bits per heavy atom. The van der Waals surface area contributed by atoms with E-state index in [0.29, 0.717) is 11.3 Å². The first-order chi connectivity index (χ1) is 9.79. The van der Waals surface area contributed by atoms with Crippen molar-refractivity contribution >= 4 is 21.7 Å². The summed E-state index contributed by atoms with van der Waals surface area (Å²) in [6.07, 6.45) is 0. The quantitative estimate of drug-likeness (QED) is 0.909. The summed E-state index contributed by atoms with van der Waals surface area (Å²) in [6, 6.07) is 10.7. The van der Waals surface area contributed by atoms with Gasteiger partial charge in [0.25, 0.3) is 10.0 Å². The maximum absolute atomic E-state index is 12.3. The van der Waals surface area contributed by atoms with Crippen molar-refractivity contribution in [3.8, 4) is 0 Å². The minimum Gasteiger partial charge on any atom is -0.478 e. The summed E-state index contributed by atoms with van der Waals surface area (Å²) in [6.45, 7) is 3.53. The van der Waals surface area contributed by atoms with E-state index in [4.69, 9.17) is 5.11 Å². The van der Waals surface area contributed by atoms with Gasteiger partial charge in [0.05, 0.1) is 16.1 Å². The SMILES string of the molecule is Cc1ccc(S(=O)(=O)Nc2ccc(C(=O)O)cc2C)cc1. The van der Waals surface area contributed by atoms with E-state index < -0.39 is 16.0 Å². The molecule has 0 aromatic heterocycles. The Balaban J connectivity index is 2.32. The van der Waals surface area contributed by atoms with Crippen molar-refractivity contribution in [1.82, 2.24) is 0 Å². The molecule has 0 atom stereocenters. The summed E-state index contributed by atoms with van der Waals surface area (Å²) in [7, 11) is -3.68. The Labute approximate surface area is 123 Å². The highest BCUT2D eigenvalue weighted by Gasteiger charge is 2.15. The number of carbonyl (C=O) groups is 1. The number of hydrogen-bond acceptors (Lipinski definition) is 3. The average Bonchev–Trinajstić information content (AvgIpc) is 2.41. The van der Waals surface area contributed by atoms with Crippen molar-refractivity contribution in [3.05, 3.63) is 59.2 Å². The van der Waals surface area contributed by atoms with Crippen molar-refractivity contribution < 1.29 is 18.3 Å². The van der Waals surface area contributed by atoms with Gasteiger partial charge in [-0.15, -0.1) is 0 Å². The van der Waals surface area contributed by atoms with E-state index in [0.717, 1.165) is 5.56 Å². The molecule has 0 radical (unpaired) electrons. The van der Waals surface area contributed by atoms with Crippen LogP contribution >= 0.6 is 0 Å². The number of anilines is 1. The molecule has 0 saturated heterocycles. The molecule has 0 heterocycles. The Kier molecular flexibility index (Phi) is 3.99. The fourth-order valence-electron chi connectivity index (χ4n) is 1.83. The zero-order chi connectivity index (χ0) is 15.6. The fourth-order valence-corrected chi connectivity index (χ4v) is 2.96. The van der Waals surface area contributed by atoms with E-state index in [-0.39, 0.29) is 10.5 Å². The van der Waals surface area contributed by atoms with E-state index in [9.17, 15) is 13.2 Å². The molecular formula is C15H15NO4S. The van der Waals surface area contributed by atoms with Crippen LogP contribution in [0, 0.1) is 13.8 Å². The minimum atomic E-state index is -3.68. The summed E-state index contributed by atoms with van der Waals surface area (Å²) < 4.78 is 27.0. The highest BCUT2D eigenvalue weighted by molar-refractivity contribution is 7.92. The molecule has 0 amide bonds. The zero-order valence-electron chi connectivity index (χ0n) is 11.6. The zero-order valence-corrected chi connectivity index (χ0v) is 12.4. The van der Waals surface area contributed by atoms with Crippen LogP contribution in [0.5, 0.6) is 0 Å². The van der Waals surface area contributed by atoms with Gasteiger partial charge in [0.1, 0.15) is 0 Å². The van der Waals surface area contributed by atoms with Gasteiger partial charge in [0.15, 0.2) is 0 Å². The molecule has 0 unspecified atom stereocenters. The van der Waals surface area contributed by atoms with Crippen LogP contribution in [0.15, 0.2) is 47.4 Å². The molecule has 0 fully saturated rings. The third-order valence-corrected chi connectivity index (χ3v) is 4.43. The average molecular weight is 305 g/mol. The molecule has 2 N–H and O–H groups in total. The second kappa shape index (κ2) is 5.57. The van der Waals surface area contributed by atoms with Gasteiger partial charge in [-0.25, -0.2) is 13.2 Å². The molecule has 110 valence electrons. The molecule has 0 aliphatic rings. The Bertz CT molecular complexity index is 780. The van der Waals surface area contributed by atoms with Gasteiger partial charge in [0, 0.05) is 0 Å². The topological polar surface area (TPSA) is 83.5 Å². The number of benzene rings is 2. The number of rotatable bonds is 4. The van der Waals surface area contributed by atoms with Gasteiger partial charge in [-0.1, -0.05) is 17.7 Å². The second-order valence-corrected chi connectivity index (χ2v) is 6.44. The van der Waals surface area contributed by atoms with Crippen molar-refractivity contribution in [1.29, 1.82) is 0 Å². The van der Waals surface area contributed by atoms with Gasteiger partial charge in [0.2, 0.25) is 0 Å². The van der Waals surface area contributed by atoms with Crippen LogP contribution in [0.3, 0.4) is 0 Å². The molecule has 2 rings (SSSR count). The lowest BCUT2D eigenvalue weighted by Gasteiger charge is -2.11. The molecule has 0 aliphatic carbocycles.